The second-order valence-electron chi connectivity index (χ2n) is 7.80. The Hall–Kier alpha value is -2.43. The molecule has 32 heavy (non-hydrogen) atoms. The molecule has 1 atom stereocenters. The van der Waals surface area contributed by atoms with Gasteiger partial charge in [-0.05, 0) is 49.6 Å². The van der Waals surface area contributed by atoms with Crippen LogP contribution in [0.5, 0.6) is 5.75 Å². The van der Waals surface area contributed by atoms with Crippen molar-refractivity contribution in [3.63, 3.8) is 0 Å². The number of sulfone groups is 1. The molecule has 1 aliphatic heterocycles. The second kappa shape index (κ2) is 10.0. The summed E-state index contributed by atoms with van der Waals surface area (Å²) in [6, 6.07) is 13.7. The van der Waals surface area contributed by atoms with Crippen LogP contribution in [0.1, 0.15) is 19.3 Å². The average Bonchev–Trinajstić information content (AvgIpc) is 3.27. The molecular weight excluding hydrogens is 452 g/mol. The molecule has 3 rings (SSSR count). The first-order chi connectivity index (χ1) is 15.1. The Kier molecular flexibility index (Phi) is 7.58. The summed E-state index contributed by atoms with van der Waals surface area (Å²) >= 11 is 0. The highest BCUT2D eigenvalue weighted by molar-refractivity contribution is 7.90. The minimum atomic E-state index is -3.73. The van der Waals surface area contributed by atoms with E-state index in [0.29, 0.717) is 44.7 Å². The first-order valence-electron chi connectivity index (χ1n) is 10.4. The molecule has 1 heterocycles. The van der Waals surface area contributed by atoms with Gasteiger partial charge in [0.2, 0.25) is 15.9 Å². The molecule has 174 valence electrons. The average molecular weight is 481 g/mol. The highest BCUT2D eigenvalue weighted by Crippen LogP contribution is 2.27. The van der Waals surface area contributed by atoms with Crippen molar-refractivity contribution in [3.8, 4) is 5.75 Å². The highest BCUT2D eigenvalue weighted by Gasteiger charge is 2.40. The topological polar surface area (TPSA) is 101 Å². The van der Waals surface area contributed by atoms with Gasteiger partial charge in [0.05, 0.1) is 16.4 Å². The van der Waals surface area contributed by atoms with Gasteiger partial charge in [-0.2, -0.15) is 4.31 Å². The van der Waals surface area contributed by atoms with Gasteiger partial charge in [-0.1, -0.05) is 24.3 Å². The molecule has 8 nitrogen and oxygen atoms in total. The summed E-state index contributed by atoms with van der Waals surface area (Å²) in [6.07, 6.45) is 2.78. The molecule has 1 fully saturated rings. The maximum absolute atomic E-state index is 13.0. The number of hydrogen-bond donors (Lipinski definition) is 0. The molecule has 0 aliphatic carbocycles. The summed E-state index contributed by atoms with van der Waals surface area (Å²) in [6.45, 7) is 1.00. The monoisotopic (exact) mass is 480 g/mol. The molecule has 1 aliphatic rings. The van der Waals surface area contributed by atoms with Gasteiger partial charge >= 0.3 is 0 Å². The fraction of sp³-hybridized carbons (Fsp3) is 0.409. The largest absolute Gasteiger partial charge is 0.493 e. The maximum atomic E-state index is 13.0. The summed E-state index contributed by atoms with van der Waals surface area (Å²) in [5.74, 6) is 0.207. The Balaban J connectivity index is 1.55. The number of ether oxygens (including phenoxy) is 1. The molecule has 0 bridgehead atoms. The molecule has 10 heteroatoms. The molecule has 0 N–H and O–H groups in total. The lowest BCUT2D eigenvalue weighted by atomic mass is 10.2. The summed E-state index contributed by atoms with van der Waals surface area (Å²) < 4.78 is 56.2. The fourth-order valence-electron chi connectivity index (χ4n) is 3.65. The minimum absolute atomic E-state index is 0.184. The zero-order valence-electron chi connectivity index (χ0n) is 18.2. The van der Waals surface area contributed by atoms with Crippen LogP contribution in [0.4, 0.5) is 0 Å². The van der Waals surface area contributed by atoms with Gasteiger partial charge in [0.25, 0.3) is 0 Å². The molecular formula is C22H28N2O6S2. The Morgan fingerprint density at radius 3 is 2.44 bits per heavy atom. The molecule has 1 saturated heterocycles. The van der Waals surface area contributed by atoms with E-state index < -0.39 is 25.9 Å². The summed E-state index contributed by atoms with van der Waals surface area (Å²) in [5.41, 5.74) is 0. The molecule has 1 amide bonds. The van der Waals surface area contributed by atoms with Crippen molar-refractivity contribution in [2.45, 2.75) is 35.1 Å². The lowest BCUT2D eigenvalue weighted by molar-refractivity contribution is -0.133. The third-order valence-corrected chi connectivity index (χ3v) is 8.39. The number of benzene rings is 2. The molecule has 1 unspecified atom stereocenters. The fourth-order valence-corrected chi connectivity index (χ4v) is 5.98. The van der Waals surface area contributed by atoms with E-state index in [1.165, 1.54) is 33.5 Å². The standard InChI is InChI=1S/C22H28N2O6S2/c1-23(14-8-16-30-18-9-6-12-20(17-18)31(2,26)27)22(25)21-13-7-15-24(21)32(28,29)19-10-4-3-5-11-19/h3-6,9-12,17,21H,7-8,13-16H2,1-2H3. The van der Waals surface area contributed by atoms with Crippen molar-refractivity contribution in [1.29, 1.82) is 0 Å². The van der Waals surface area contributed by atoms with Crippen LogP contribution in [0.3, 0.4) is 0 Å². The number of carbonyl (C=O) groups excluding carboxylic acids is 1. The number of carbonyl (C=O) groups is 1. The van der Waals surface area contributed by atoms with Gasteiger partial charge in [0, 0.05) is 26.4 Å². The zero-order chi connectivity index (χ0) is 23.4. The van der Waals surface area contributed by atoms with Crippen molar-refractivity contribution in [3.05, 3.63) is 54.6 Å². The second-order valence-corrected chi connectivity index (χ2v) is 11.7. The first kappa shape index (κ1) is 24.2. The van der Waals surface area contributed by atoms with Crippen LogP contribution in [0, 0.1) is 0 Å². The van der Waals surface area contributed by atoms with Crippen molar-refractivity contribution in [1.82, 2.24) is 9.21 Å². The van der Waals surface area contributed by atoms with Gasteiger partial charge in [-0.3, -0.25) is 4.79 Å². The van der Waals surface area contributed by atoms with Crippen LogP contribution in [0.25, 0.3) is 0 Å². The van der Waals surface area contributed by atoms with E-state index in [0.717, 1.165) is 6.26 Å². The first-order valence-corrected chi connectivity index (χ1v) is 13.7. The van der Waals surface area contributed by atoms with Crippen LogP contribution in [0.15, 0.2) is 64.4 Å². The summed E-state index contributed by atoms with van der Waals surface area (Å²) in [5, 5.41) is 0. The van der Waals surface area contributed by atoms with Gasteiger partial charge in [-0.15, -0.1) is 0 Å². The Morgan fingerprint density at radius 1 is 1.06 bits per heavy atom. The third-order valence-electron chi connectivity index (χ3n) is 5.36. The quantitative estimate of drug-likeness (QED) is 0.510. The van der Waals surface area contributed by atoms with Gasteiger partial charge in [-0.25, -0.2) is 16.8 Å². The zero-order valence-corrected chi connectivity index (χ0v) is 19.8. The number of amides is 1. The van der Waals surface area contributed by atoms with E-state index in [4.69, 9.17) is 4.74 Å². The van der Waals surface area contributed by atoms with E-state index in [1.54, 1.807) is 37.4 Å². The van der Waals surface area contributed by atoms with Crippen molar-refractivity contribution in [2.75, 3.05) is 33.0 Å². The number of rotatable bonds is 9. The third kappa shape index (κ3) is 5.67. The van der Waals surface area contributed by atoms with Crippen LogP contribution < -0.4 is 4.74 Å². The Bertz CT molecular complexity index is 1150. The Labute approximate surface area is 189 Å². The lowest BCUT2D eigenvalue weighted by Crippen LogP contribution is -2.46. The van der Waals surface area contributed by atoms with E-state index in [1.807, 2.05) is 0 Å². The number of likely N-dealkylation sites (N-methyl/N-ethyl adjacent to an activating group) is 1. The lowest BCUT2D eigenvalue weighted by Gasteiger charge is -2.27. The molecule has 0 spiro atoms. The van der Waals surface area contributed by atoms with E-state index in [2.05, 4.69) is 0 Å². The van der Waals surface area contributed by atoms with E-state index in [-0.39, 0.29) is 15.7 Å². The predicted octanol–water partition coefficient (Wildman–Crippen LogP) is 2.17. The van der Waals surface area contributed by atoms with Gasteiger partial charge in [0.15, 0.2) is 9.84 Å². The molecule has 0 radical (unpaired) electrons. The van der Waals surface area contributed by atoms with E-state index >= 15 is 0 Å². The van der Waals surface area contributed by atoms with Crippen molar-refractivity contribution in [2.24, 2.45) is 0 Å². The van der Waals surface area contributed by atoms with Crippen LogP contribution >= 0.6 is 0 Å². The van der Waals surface area contributed by atoms with Crippen LogP contribution in [0.2, 0.25) is 0 Å². The van der Waals surface area contributed by atoms with Crippen LogP contribution in [-0.4, -0.2) is 71.0 Å². The summed E-state index contributed by atoms with van der Waals surface area (Å²) in [7, 11) is -5.39. The van der Waals surface area contributed by atoms with Gasteiger partial charge in [0.1, 0.15) is 11.8 Å². The maximum Gasteiger partial charge on any atom is 0.243 e. The number of hydrogen-bond acceptors (Lipinski definition) is 6. The number of nitrogens with zero attached hydrogens (tertiary/aromatic N) is 2. The number of sulfonamides is 1. The van der Waals surface area contributed by atoms with E-state index in [9.17, 15) is 21.6 Å². The van der Waals surface area contributed by atoms with Crippen molar-refractivity contribution >= 4 is 25.8 Å². The highest BCUT2D eigenvalue weighted by atomic mass is 32.2. The van der Waals surface area contributed by atoms with Crippen molar-refractivity contribution < 1.29 is 26.4 Å². The van der Waals surface area contributed by atoms with Gasteiger partial charge < -0.3 is 9.64 Å². The molecule has 2 aromatic carbocycles. The SMILES string of the molecule is CN(CCCOc1cccc(S(C)(=O)=O)c1)C(=O)C1CCCN1S(=O)(=O)c1ccccc1. The van der Waals surface area contributed by atoms with Crippen LogP contribution in [-0.2, 0) is 24.7 Å². The molecule has 0 aromatic heterocycles. The Morgan fingerprint density at radius 2 is 1.75 bits per heavy atom. The molecule has 0 saturated carbocycles. The molecule has 2 aromatic rings. The summed E-state index contributed by atoms with van der Waals surface area (Å²) in [4.78, 5) is 14.9. The minimum Gasteiger partial charge on any atom is -0.493 e. The normalized spacial score (nSPS) is 17.2. The predicted molar refractivity (Wildman–Crippen MR) is 121 cm³/mol. The smallest absolute Gasteiger partial charge is 0.243 e.